The molecule has 3 unspecified atom stereocenters. The Labute approximate surface area is 93.4 Å². The van der Waals surface area contributed by atoms with Crippen molar-refractivity contribution >= 4 is 6.03 Å². The van der Waals surface area contributed by atoms with Crippen LogP contribution in [-0.4, -0.2) is 42.0 Å². The predicted molar refractivity (Wildman–Crippen MR) is 62.8 cm³/mol. The molecule has 1 heterocycles. The van der Waals surface area contributed by atoms with Crippen LogP contribution >= 0.6 is 0 Å². The summed E-state index contributed by atoms with van der Waals surface area (Å²) in [5.74, 6) is 1.24. The van der Waals surface area contributed by atoms with Crippen LogP contribution in [-0.2, 0) is 0 Å². The standard InChI is InChI=1S/C12H24N2O/c1-6-13(5)12(15)14-8-9(2)7-10(3)11(14)4/h9-11H,6-8H2,1-5H3. The minimum Gasteiger partial charge on any atom is -0.328 e. The zero-order valence-corrected chi connectivity index (χ0v) is 10.7. The Bertz CT molecular complexity index is 230. The lowest BCUT2D eigenvalue weighted by atomic mass is 9.86. The average Bonchev–Trinajstić information content (AvgIpc) is 2.21. The summed E-state index contributed by atoms with van der Waals surface area (Å²) in [5.41, 5.74) is 0. The van der Waals surface area contributed by atoms with Crippen molar-refractivity contribution in [1.82, 2.24) is 9.80 Å². The topological polar surface area (TPSA) is 23.6 Å². The summed E-state index contributed by atoms with van der Waals surface area (Å²) in [5, 5.41) is 0. The highest BCUT2D eigenvalue weighted by Gasteiger charge is 2.32. The van der Waals surface area contributed by atoms with Crippen molar-refractivity contribution in [2.75, 3.05) is 20.1 Å². The maximum atomic E-state index is 12.1. The van der Waals surface area contributed by atoms with E-state index in [1.807, 2.05) is 18.9 Å². The molecule has 88 valence electrons. The van der Waals surface area contributed by atoms with Gasteiger partial charge in [0.25, 0.3) is 0 Å². The third-order valence-electron chi connectivity index (χ3n) is 3.64. The van der Waals surface area contributed by atoms with Crippen LogP contribution in [0.2, 0.25) is 0 Å². The van der Waals surface area contributed by atoms with Crippen molar-refractivity contribution in [2.45, 2.75) is 40.2 Å². The first-order valence-electron chi connectivity index (χ1n) is 5.99. The van der Waals surface area contributed by atoms with Crippen LogP contribution in [0.5, 0.6) is 0 Å². The highest BCUT2D eigenvalue weighted by Crippen LogP contribution is 2.27. The molecule has 3 atom stereocenters. The first-order chi connectivity index (χ1) is 6.97. The Balaban J connectivity index is 2.70. The summed E-state index contributed by atoms with van der Waals surface area (Å²) >= 11 is 0. The molecule has 1 aliphatic heterocycles. The Kier molecular flexibility index (Phi) is 4.00. The average molecular weight is 212 g/mol. The third-order valence-corrected chi connectivity index (χ3v) is 3.64. The molecule has 3 heteroatoms. The van der Waals surface area contributed by atoms with E-state index in [1.54, 1.807) is 4.90 Å². The number of amides is 2. The quantitative estimate of drug-likeness (QED) is 0.655. The van der Waals surface area contributed by atoms with E-state index in [4.69, 9.17) is 0 Å². The molecular weight excluding hydrogens is 188 g/mol. The van der Waals surface area contributed by atoms with E-state index in [1.165, 1.54) is 6.42 Å². The second-order valence-corrected chi connectivity index (χ2v) is 5.01. The summed E-state index contributed by atoms with van der Waals surface area (Å²) in [6, 6.07) is 0.561. The molecule has 2 amide bonds. The molecule has 0 aromatic carbocycles. The van der Waals surface area contributed by atoms with Gasteiger partial charge in [-0.15, -0.1) is 0 Å². The van der Waals surface area contributed by atoms with Crippen molar-refractivity contribution in [2.24, 2.45) is 11.8 Å². The minimum atomic E-state index is 0.184. The third kappa shape index (κ3) is 2.64. The Morgan fingerprint density at radius 3 is 2.53 bits per heavy atom. The van der Waals surface area contributed by atoms with Crippen molar-refractivity contribution in [3.05, 3.63) is 0 Å². The summed E-state index contributed by atoms with van der Waals surface area (Å²) < 4.78 is 0. The zero-order valence-electron chi connectivity index (χ0n) is 10.7. The summed E-state index contributed by atoms with van der Waals surface area (Å²) in [6.45, 7) is 10.3. The zero-order chi connectivity index (χ0) is 11.6. The first kappa shape index (κ1) is 12.3. The molecule has 0 bridgehead atoms. The van der Waals surface area contributed by atoms with Crippen molar-refractivity contribution < 1.29 is 4.79 Å². The molecule has 0 aliphatic carbocycles. The van der Waals surface area contributed by atoms with Gasteiger partial charge in [0.1, 0.15) is 0 Å². The van der Waals surface area contributed by atoms with Gasteiger partial charge in [-0.05, 0) is 32.1 Å². The van der Waals surface area contributed by atoms with E-state index in [-0.39, 0.29) is 6.03 Å². The normalized spacial score (nSPS) is 31.5. The number of hydrogen-bond donors (Lipinski definition) is 0. The summed E-state index contributed by atoms with van der Waals surface area (Å²) in [6.07, 6.45) is 1.24. The highest BCUT2D eigenvalue weighted by molar-refractivity contribution is 5.74. The molecule has 1 saturated heterocycles. The van der Waals surface area contributed by atoms with Gasteiger partial charge in [-0.25, -0.2) is 4.79 Å². The summed E-state index contributed by atoms with van der Waals surface area (Å²) in [7, 11) is 1.87. The molecule has 0 N–H and O–H groups in total. The number of piperidine rings is 1. The molecular formula is C12H24N2O. The summed E-state index contributed by atoms with van der Waals surface area (Å²) in [4.78, 5) is 15.9. The molecule has 3 nitrogen and oxygen atoms in total. The predicted octanol–water partition coefficient (Wildman–Crippen LogP) is 2.42. The fourth-order valence-electron chi connectivity index (χ4n) is 2.32. The Morgan fingerprint density at radius 2 is 2.00 bits per heavy atom. The molecule has 1 aliphatic rings. The molecule has 1 rings (SSSR count). The van der Waals surface area contributed by atoms with Crippen molar-refractivity contribution in [1.29, 1.82) is 0 Å². The second kappa shape index (κ2) is 4.86. The van der Waals surface area contributed by atoms with Gasteiger partial charge in [0.2, 0.25) is 0 Å². The molecule has 0 aromatic heterocycles. The first-order valence-corrected chi connectivity index (χ1v) is 5.99. The number of nitrogens with zero attached hydrogens (tertiary/aromatic N) is 2. The van der Waals surface area contributed by atoms with E-state index >= 15 is 0 Å². The largest absolute Gasteiger partial charge is 0.328 e. The van der Waals surface area contributed by atoms with Gasteiger partial charge >= 0.3 is 6.03 Å². The van der Waals surface area contributed by atoms with Gasteiger partial charge in [-0.1, -0.05) is 13.8 Å². The number of urea groups is 1. The lowest BCUT2D eigenvalue weighted by Gasteiger charge is -2.42. The van der Waals surface area contributed by atoms with E-state index < -0.39 is 0 Å². The van der Waals surface area contributed by atoms with Crippen molar-refractivity contribution in [3.63, 3.8) is 0 Å². The maximum absolute atomic E-state index is 12.1. The number of hydrogen-bond acceptors (Lipinski definition) is 1. The monoisotopic (exact) mass is 212 g/mol. The highest BCUT2D eigenvalue weighted by atomic mass is 16.2. The van der Waals surface area contributed by atoms with Crippen LogP contribution in [0.25, 0.3) is 0 Å². The SMILES string of the molecule is CCN(C)C(=O)N1CC(C)CC(C)C1C. The smallest absolute Gasteiger partial charge is 0.319 e. The molecule has 0 spiro atoms. The van der Waals surface area contributed by atoms with Crippen LogP contribution in [0.3, 0.4) is 0 Å². The van der Waals surface area contributed by atoms with Crippen LogP contribution in [0.4, 0.5) is 4.79 Å². The van der Waals surface area contributed by atoms with Gasteiger partial charge in [0, 0.05) is 26.2 Å². The van der Waals surface area contributed by atoms with Crippen LogP contribution in [0.15, 0.2) is 0 Å². The molecule has 15 heavy (non-hydrogen) atoms. The number of carbonyl (C=O) groups is 1. The van der Waals surface area contributed by atoms with Crippen LogP contribution in [0.1, 0.15) is 34.1 Å². The fraction of sp³-hybridized carbons (Fsp3) is 0.917. The number of likely N-dealkylation sites (tertiary alicyclic amines) is 1. The van der Waals surface area contributed by atoms with Gasteiger partial charge in [-0.3, -0.25) is 0 Å². The van der Waals surface area contributed by atoms with Crippen LogP contribution in [0, 0.1) is 11.8 Å². The van der Waals surface area contributed by atoms with Crippen LogP contribution < -0.4 is 0 Å². The van der Waals surface area contributed by atoms with E-state index in [9.17, 15) is 4.79 Å². The van der Waals surface area contributed by atoms with Gasteiger partial charge in [0.05, 0.1) is 0 Å². The number of rotatable bonds is 1. The second-order valence-electron chi connectivity index (χ2n) is 5.01. The van der Waals surface area contributed by atoms with Gasteiger partial charge in [-0.2, -0.15) is 0 Å². The molecule has 0 radical (unpaired) electrons. The molecule has 0 aromatic rings. The molecule has 1 fully saturated rings. The Morgan fingerprint density at radius 1 is 1.40 bits per heavy atom. The lowest BCUT2D eigenvalue weighted by Crippen LogP contribution is -2.52. The molecule has 0 saturated carbocycles. The fourth-order valence-corrected chi connectivity index (χ4v) is 2.32. The number of carbonyl (C=O) groups excluding carboxylic acids is 1. The van der Waals surface area contributed by atoms with E-state index in [0.29, 0.717) is 17.9 Å². The van der Waals surface area contributed by atoms with E-state index in [0.717, 1.165) is 13.1 Å². The van der Waals surface area contributed by atoms with Gasteiger partial charge < -0.3 is 9.80 Å². The van der Waals surface area contributed by atoms with Crippen molar-refractivity contribution in [3.8, 4) is 0 Å². The van der Waals surface area contributed by atoms with E-state index in [2.05, 4.69) is 20.8 Å². The minimum absolute atomic E-state index is 0.184. The maximum Gasteiger partial charge on any atom is 0.319 e. The van der Waals surface area contributed by atoms with Gasteiger partial charge in [0.15, 0.2) is 0 Å². The lowest BCUT2D eigenvalue weighted by molar-refractivity contribution is 0.0835. The Hall–Kier alpha value is -0.730.